The summed E-state index contributed by atoms with van der Waals surface area (Å²) in [5.74, 6) is -2.78. The van der Waals surface area contributed by atoms with E-state index in [0.29, 0.717) is 31.6 Å². The highest BCUT2D eigenvalue weighted by Gasteiger charge is 2.61. The number of aryl methyl sites for hydroxylation is 1. The number of hydrogen-bond donors (Lipinski definition) is 1. The standard InChI is InChI=1S/C40H53N3O9S/c1-7-24-22-41-36-30-17-25(12-15-29(24)30)34(50-6)11-9-10-16-51-35(45)19-31(39(3,4)5)37(46)43-23-27(52-36)18-32(43)33(44)21-40(20-26(40)8-2)38(47)42-53(48,49)28-13-14-28/h8,12,15,17,22,26-28,31-32,34H,2,7,9-11,13-14,16,18-21,23H2,1,3-6H3,(H,42,47)/t26?,27-,31?,32?,34?,40?/m1/s1. The second-order valence-electron chi connectivity index (χ2n) is 16.3. The summed E-state index contributed by atoms with van der Waals surface area (Å²) in [6.45, 7) is 11.8. The summed E-state index contributed by atoms with van der Waals surface area (Å²) < 4.78 is 45.9. The monoisotopic (exact) mass is 751 g/mol. The van der Waals surface area contributed by atoms with Gasteiger partial charge in [-0.25, -0.2) is 13.4 Å². The average Bonchev–Trinajstić information content (AvgIpc) is 4.04. The van der Waals surface area contributed by atoms with E-state index in [1.54, 1.807) is 19.4 Å². The number of allylic oxidation sites excluding steroid dienone is 1. The molecule has 53 heavy (non-hydrogen) atoms. The molecule has 4 aliphatic rings. The first-order chi connectivity index (χ1) is 25.1. The second kappa shape index (κ2) is 15.1. The van der Waals surface area contributed by atoms with Crippen LogP contribution in [0.2, 0.25) is 0 Å². The molecule has 6 atom stereocenters. The summed E-state index contributed by atoms with van der Waals surface area (Å²) in [5, 5.41) is 1.19. The van der Waals surface area contributed by atoms with Crippen molar-refractivity contribution in [2.75, 3.05) is 20.3 Å². The lowest BCUT2D eigenvalue weighted by molar-refractivity contribution is -0.153. The normalized spacial score (nSPS) is 28.5. The fourth-order valence-electron chi connectivity index (χ4n) is 8.00. The van der Waals surface area contributed by atoms with Crippen LogP contribution in [0.15, 0.2) is 37.1 Å². The molecule has 6 rings (SSSR count). The molecule has 5 unspecified atom stereocenters. The minimum absolute atomic E-state index is 0.0517. The van der Waals surface area contributed by atoms with E-state index in [2.05, 4.69) is 24.3 Å². The Balaban J connectivity index is 1.36. The van der Waals surface area contributed by atoms with E-state index in [4.69, 9.17) is 19.2 Å². The topological polar surface area (TPSA) is 158 Å². The van der Waals surface area contributed by atoms with Gasteiger partial charge in [0.05, 0.1) is 48.3 Å². The van der Waals surface area contributed by atoms with Crippen molar-refractivity contribution in [1.29, 1.82) is 0 Å². The van der Waals surface area contributed by atoms with Crippen LogP contribution in [0.1, 0.15) is 103 Å². The number of esters is 1. The number of carbonyl (C=O) groups excluding carboxylic acids is 4. The zero-order chi connectivity index (χ0) is 38.3. The second-order valence-corrected chi connectivity index (χ2v) is 18.3. The highest BCUT2D eigenvalue weighted by molar-refractivity contribution is 7.90. The van der Waals surface area contributed by atoms with Crippen LogP contribution in [0.3, 0.4) is 0 Å². The summed E-state index contributed by atoms with van der Waals surface area (Å²) in [6.07, 6.45) is 6.31. The quantitative estimate of drug-likeness (QED) is 0.261. The van der Waals surface area contributed by atoms with Gasteiger partial charge in [-0.05, 0) is 78.9 Å². The van der Waals surface area contributed by atoms with E-state index < -0.39 is 62.0 Å². The van der Waals surface area contributed by atoms with Crippen molar-refractivity contribution in [3.8, 4) is 5.88 Å². The number of methoxy groups -OCH3 is 1. The highest BCUT2D eigenvalue weighted by Crippen LogP contribution is 2.57. The van der Waals surface area contributed by atoms with Crippen LogP contribution in [-0.2, 0) is 45.1 Å². The van der Waals surface area contributed by atoms with E-state index in [0.717, 1.165) is 34.7 Å². The van der Waals surface area contributed by atoms with Crippen molar-refractivity contribution in [3.63, 3.8) is 0 Å². The van der Waals surface area contributed by atoms with Gasteiger partial charge in [0, 0.05) is 31.5 Å². The Hall–Kier alpha value is -3.84. The molecule has 2 aromatic rings. The first kappa shape index (κ1) is 38.9. The van der Waals surface area contributed by atoms with Crippen LogP contribution in [-0.4, -0.2) is 79.5 Å². The molecule has 288 valence electrons. The molecule has 1 saturated heterocycles. The number of hydrogen-bond acceptors (Lipinski definition) is 10. The van der Waals surface area contributed by atoms with Gasteiger partial charge in [0.15, 0.2) is 5.78 Å². The third-order valence-corrected chi connectivity index (χ3v) is 13.4. The maximum absolute atomic E-state index is 14.6. The van der Waals surface area contributed by atoms with Crippen molar-refractivity contribution in [2.24, 2.45) is 22.7 Å². The van der Waals surface area contributed by atoms with Gasteiger partial charge in [-0.1, -0.05) is 45.9 Å². The van der Waals surface area contributed by atoms with Crippen LogP contribution in [0.25, 0.3) is 10.8 Å². The maximum atomic E-state index is 14.6. The first-order valence-electron chi connectivity index (χ1n) is 18.9. The summed E-state index contributed by atoms with van der Waals surface area (Å²) >= 11 is 0. The fraction of sp³-hybridized carbons (Fsp3) is 0.625. The van der Waals surface area contributed by atoms with E-state index in [1.807, 2.05) is 32.9 Å². The Morgan fingerprint density at radius 2 is 1.91 bits per heavy atom. The van der Waals surface area contributed by atoms with E-state index >= 15 is 0 Å². The van der Waals surface area contributed by atoms with Crippen LogP contribution in [0.5, 0.6) is 5.88 Å². The van der Waals surface area contributed by atoms with Crippen molar-refractivity contribution in [2.45, 2.75) is 115 Å². The Labute approximate surface area is 312 Å². The molecule has 4 bridgehead atoms. The first-order valence-corrected chi connectivity index (χ1v) is 20.4. The Kier molecular flexibility index (Phi) is 11.1. The summed E-state index contributed by atoms with van der Waals surface area (Å²) in [7, 11) is -2.18. The van der Waals surface area contributed by atoms with Crippen LogP contribution in [0, 0.1) is 22.7 Å². The van der Waals surface area contributed by atoms with Crippen molar-refractivity contribution in [3.05, 3.63) is 48.2 Å². The van der Waals surface area contributed by atoms with Gasteiger partial charge in [0.25, 0.3) is 0 Å². The third-order valence-electron chi connectivity index (χ3n) is 11.6. The van der Waals surface area contributed by atoms with Crippen molar-refractivity contribution in [1.82, 2.24) is 14.6 Å². The van der Waals surface area contributed by atoms with Gasteiger partial charge >= 0.3 is 5.97 Å². The van der Waals surface area contributed by atoms with Crippen LogP contribution >= 0.6 is 0 Å². The smallest absolute Gasteiger partial charge is 0.306 e. The SMILES string of the molecule is C=CC1CC1(CC(=O)C1C[C@@H]2CN1C(=O)C(C(C)(C)C)CC(=O)OCCCCC(OC)c1ccc3c(CC)cnc(c3c1)O2)C(=O)NS(=O)(=O)C1CC1. The number of pyridine rings is 1. The molecule has 2 aliphatic carbocycles. The van der Waals surface area contributed by atoms with E-state index in [9.17, 15) is 27.6 Å². The summed E-state index contributed by atoms with van der Waals surface area (Å²) in [4.78, 5) is 62.0. The number of ketones is 1. The lowest BCUT2D eigenvalue weighted by Gasteiger charge is -2.34. The van der Waals surface area contributed by atoms with E-state index in [-0.39, 0.29) is 56.6 Å². The summed E-state index contributed by atoms with van der Waals surface area (Å²) in [6, 6.07) is 5.14. The zero-order valence-corrected chi connectivity index (χ0v) is 32.3. The molecular weight excluding hydrogens is 699 g/mol. The van der Waals surface area contributed by atoms with Crippen LogP contribution in [0.4, 0.5) is 0 Å². The van der Waals surface area contributed by atoms with E-state index in [1.165, 1.54) is 4.90 Å². The molecule has 2 aliphatic heterocycles. The fourth-order valence-corrected chi connectivity index (χ4v) is 9.38. The predicted octanol–water partition coefficient (Wildman–Crippen LogP) is 5.37. The number of cyclic esters (lactones) is 1. The van der Waals surface area contributed by atoms with Gasteiger partial charge < -0.3 is 19.1 Å². The Morgan fingerprint density at radius 3 is 2.55 bits per heavy atom. The molecular formula is C40H53N3O9S. The van der Waals surface area contributed by atoms with Gasteiger partial charge in [0.2, 0.25) is 27.7 Å². The number of Topliss-reactive ketones (excluding diaryl/α,β-unsaturated/α-hetero) is 1. The lowest BCUT2D eigenvalue weighted by Crippen LogP contribution is -2.48. The zero-order valence-electron chi connectivity index (χ0n) is 31.5. The number of aromatic nitrogens is 1. The molecule has 1 aromatic carbocycles. The minimum atomic E-state index is -3.85. The van der Waals surface area contributed by atoms with Crippen LogP contribution < -0.4 is 9.46 Å². The molecule has 13 heteroatoms. The maximum Gasteiger partial charge on any atom is 0.306 e. The minimum Gasteiger partial charge on any atom is -0.472 e. The Bertz CT molecular complexity index is 1890. The molecule has 3 heterocycles. The number of nitrogens with one attached hydrogen (secondary N) is 1. The number of fused-ring (bicyclic) bond motifs is 3. The molecule has 3 fully saturated rings. The number of nitrogens with zero attached hydrogens (tertiary/aromatic N) is 2. The number of benzene rings is 1. The molecule has 1 N–H and O–H groups in total. The van der Waals surface area contributed by atoms with Crippen molar-refractivity contribution < 1.29 is 41.8 Å². The predicted molar refractivity (Wildman–Crippen MR) is 198 cm³/mol. The molecule has 1 aromatic heterocycles. The number of rotatable bonds is 9. The van der Waals surface area contributed by atoms with Gasteiger partial charge in [-0.3, -0.25) is 23.9 Å². The van der Waals surface area contributed by atoms with Gasteiger partial charge in [0.1, 0.15) is 6.10 Å². The highest BCUT2D eigenvalue weighted by atomic mass is 32.2. The molecule has 0 spiro atoms. The average molecular weight is 752 g/mol. The number of ether oxygens (including phenoxy) is 3. The summed E-state index contributed by atoms with van der Waals surface area (Å²) in [5.41, 5.74) is 0.0586. The van der Waals surface area contributed by atoms with Crippen molar-refractivity contribution >= 4 is 44.4 Å². The third kappa shape index (κ3) is 8.16. The lowest BCUT2D eigenvalue weighted by atomic mass is 9.77. The number of amides is 2. The number of sulfonamides is 1. The largest absolute Gasteiger partial charge is 0.472 e. The molecule has 2 saturated carbocycles. The molecule has 0 radical (unpaired) electrons. The number of carbonyl (C=O) groups is 4. The molecule has 12 nitrogen and oxygen atoms in total. The van der Waals surface area contributed by atoms with Gasteiger partial charge in [-0.15, -0.1) is 6.58 Å². The van der Waals surface area contributed by atoms with Gasteiger partial charge in [-0.2, -0.15) is 0 Å². The Morgan fingerprint density at radius 1 is 1.15 bits per heavy atom. The molecule has 2 amide bonds.